The number of unbranched alkanes of at least 4 members (excludes halogenated alkanes) is 6. The summed E-state index contributed by atoms with van der Waals surface area (Å²) in [6, 6.07) is 9.05. The second-order valence-electron chi connectivity index (χ2n) is 9.02. The first-order chi connectivity index (χ1) is 13.5. The van der Waals surface area contributed by atoms with Crippen molar-refractivity contribution < 1.29 is 4.74 Å². The molecule has 0 bridgehead atoms. The monoisotopic (exact) mass is 384 g/mol. The normalized spacial score (nSPS) is 13.0. The Hall–Kier alpha value is -1.61. The molecule has 28 heavy (non-hydrogen) atoms. The lowest BCUT2D eigenvalue weighted by atomic mass is 9.86. The molecule has 0 saturated carbocycles. The molecule has 0 spiro atoms. The number of hydrogen-bond acceptors (Lipinski definition) is 2. The molecule has 3 nitrogen and oxygen atoms in total. The van der Waals surface area contributed by atoms with Crippen LogP contribution in [0.4, 0.5) is 0 Å². The van der Waals surface area contributed by atoms with Crippen LogP contribution in [0, 0.1) is 0 Å². The SMILES string of the molecule is CCCCCCCCCOC(Cc1ccc(C(C)(C)C)cc1)Cn1ccnc1. The topological polar surface area (TPSA) is 27.1 Å². The van der Waals surface area contributed by atoms with Gasteiger partial charge in [0, 0.05) is 25.4 Å². The molecule has 0 aliphatic heterocycles. The van der Waals surface area contributed by atoms with Crippen LogP contribution in [-0.2, 0) is 23.1 Å². The molecule has 0 saturated heterocycles. The number of benzene rings is 1. The molecule has 0 radical (unpaired) electrons. The Morgan fingerprint density at radius 1 is 0.964 bits per heavy atom. The Kier molecular flexibility index (Phi) is 9.77. The summed E-state index contributed by atoms with van der Waals surface area (Å²) in [5.74, 6) is 0. The van der Waals surface area contributed by atoms with Gasteiger partial charge in [-0.15, -0.1) is 0 Å². The molecule has 2 rings (SSSR count). The zero-order chi connectivity index (χ0) is 20.2. The molecule has 1 atom stereocenters. The molecular weight excluding hydrogens is 344 g/mol. The van der Waals surface area contributed by atoms with Gasteiger partial charge in [0.05, 0.1) is 19.0 Å². The average molecular weight is 385 g/mol. The van der Waals surface area contributed by atoms with E-state index in [1.54, 1.807) is 0 Å². The van der Waals surface area contributed by atoms with E-state index in [1.165, 1.54) is 49.7 Å². The highest BCUT2D eigenvalue weighted by Gasteiger charge is 2.15. The predicted molar refractivity (Wildman–Crippen MR) is 119 cm³/mol. The predicted octanol–water partition coefficient (Wildman–Crippen LogP) is 6.56. The minimum absolute atomic E-state index is 0.190. The Morgan fingerprint density at radius 2 is 1.64 bits per heavy atom. The summed E-state index contributed by atoms with van der Waals surface area (Å²) < 4.78 is 8.42. The fraction of sp³-hybridized carbons (Fsp3) is 0.640. The van der Waals surface area contributed by atoms with Crippen LogP contribution < -0.4 is 0 Å². The maximum absolute atomic E-state index is 6.30. The van der Waals surface area contributed by atoms with Gasteiger partial charge in [-0.1, -0.05) is 90.5 Å². The van der Waals surface area contributed by atoms with Crippen LogP contribution in [0.15, 0.2) is 43.0 Å². The van der Waals surface area contributed by atoms with Gasteiger partial charge in [-0.05, 0) is 23.0 Å². The summed E-state index contributed by atoms with van der Waals surface area (Å²) in [7, 11) is 0. The van der Waals surface area contributed by atoms with E-state index < -0.39 is 0 Å². The molecule has 0 fully saturated rings. The Morgan fingerprint density at radius 3 is 2.25 bits per heavy atom. The summed E-state index contributed by atoms with van der Waals surface area (Å²) in [5.41, 5.74) is 2.92. The number of nitrogens with zero attached hydrogens (tertiary/aromatic N) is 2. The van der Waals surface area contributed by atoms with Crippen LogP contribution in [0.25, 0.3) is 0 Å². The van der Waals surface area contributed by atoms with Gasteiger partial charge in [0.25, 0.3) is 0 Å². The molecule has 0 amide bonds. The Bertz CT molecular complexity index is 626. The van der Waals surface area contributed by atoms with Crippen molar-refractivity contribution in [3.63, 3.8) is 0 Å². The molecule has 1 aromatic carbocycles. The van der Waals surface area contributed by atoms with Crippen LogP contribution in [0.1, 0.15) is 83.8 Å². The van der Waals surface area contributed by atoms with Gasteiger partial charge < -0.3 is 9.30 Å². The van der Waals surface area contributed by atoms with Crippen molar-refractivity contribution in [2.45, 2.75) is 97.1 Å². The molecule has 1 unspecified atom stereocenters. The second-order valence-corrected chi connectivity index (χ2v) is 9.02. The van der Waals surface area contributed by atoms with Gasteiger partial charge >= 0.3 is 0 Å². The van der Waals surface area contributed by atoms with Gasteiger partial charge in [-0.3, -0.25) is 0 Å². The lowest BCUT2D eigenvalue weighted by Gasteiger charge is -2.21. The lowest BCUT2D eigenvalue weighted by molar-refractivity contribution is 0.0392. The summed E-state index contributed by atoms with van der Waals surface area (Å²) in [6.45, 7) is 10.8. The van der Waals surface area contributed by atoms with Gasteiger partial charge in [-0.25, -0.2) is 4.98 Å². The van der Waals surface area contributed by atoms with Gasteiger partial charge in [-0.2, -0.15) is 0 Å². The Balaban J connectivity index is 1.82. The molecule has 2 aromatic rings. The third kappa shape index (κ3) is 8.60. The highest BCUT2D eigenvalue weighted by atomic mass is 16.5. The number of ether oxygens (including phenoxy) is 1. The molecule has 1 heterocycles. The zero-order valence-corrected chi connectivity index (χ0v) is 18.5. The van der Waals surface area contributed by atoms with Crippen LogP contribution in [0.5, 0.6) is 0 Å². The first-order valence-corrected chi connectivity index (χ1v) is 11.2. The highest BCUT2D eigenvalue weighted by molar-refractivity contribution is 5.27. The second kappa shape index (κ2) is 12.1. The fourth-order valence-corrected chi connectivity index (χ4v) is 3.52. The number of hydrogen-bond donors (Lipinski definition) is 0. The fourth-order valence-electron chi connectivity index (χ4n) is 3.52. The molecule has 0 aliphatic carbocycles. The van der Waals surface area contributed by atoms with E-state index in [9.17, 15) is 0 Å². The van der Waals surface area contributed by atoms with E-state index in [1.807, 2.05) is 18.7 Å². The first-order valence-electron chi connectivity index (χ1n) is 11.2. The number of imidazole rings is 1. The Labute approximate surface area is 172 Å². The summed E-state index contributed by atoms with van der Waals surface area (Å²) in [5, 5.41) is 0. The number of aromatic nitrogens is 2. The molecular formula is C25H40N2O. The summed E-state index contributed by atoms with van der Waals surface area (Å²) in [4.78, 5) is 4.17. The standard InChI is InChI=1S/C25H40N2O/c1-5-6-7-8-9-10-11-18-28-24(20-27-17-16-26-21-27)19-22-12-14-23(15-13-22)25(2,3)4/h12-17,21,24H,5-11,18-20H2,1-4H3. The van der Waals surface area contributed by atoms with Crippen molar-refractivity contribution in [3.05, 3.63) is 54.1 Å². The third-order valence-electron chi connectivity index (χ3n) is 5.36. The first kappa shape index (κ1) is 22.7. The molecule has 1 aromatic heterocycles. The van der Waals surface area contributed by atoms with E-state index in [2.05, 4.69) is 61.5 Å². The molecule has 156 valence electrons. The van der Waals surface area contributed by atoms with Gasteiger partial charge in [0.1, 0.15) is 0 Å². The van der Waals surface area contributed by atoms with Crippen molar-refractivity contribution in [1.82, 2.24) is 9.55 Å². The quantitative estimate of drug-likeness (QED) is 0.366. The lowest BCUT2D eigenvalue weighted by Crippen LogP contribution is -2.23. The van der Waals surface area contributed by atoms with Crippen molar-refractivity contribution in [1.29, 1.82) is 0 Å². The van der Waals surface area contributed by atoms with Crippen molar-refractivity contribution in [2.75, 3.05) is 6.61 Å². The van der Waals surface area contributed by atoms with Gasteiger partial charge in [0.15, 0.2) is 0 Å². The maximum Gasteiger partial charge on any atom is 0.0946 e. The summed E-state index contributed by atoms with van der Waals surface area (Å²) >= 11 is 0. The molecule has 0 N–H and O–H groups in total. The van der Waals surface area contributed by atoms with Crippen molar-refractivity contribution >= 4 is 0 Å². The maximum atomic E-state index is 6.30. The van der Waals surface area contributed by atoms with Crippen molar-refractivity contribution in [3.8, 4) is 0 Å². The van der Waals surface area contributed by atoms with E-state index in [0.717, 1.165) is 26.0 Å². The van der Waals surface area contributed by atoms with Crippen LogP contribution in [0.3, 0.4) is 0 Å². The van der Waals surface area contributed by atoms with Gasteiger partial charge in [0.2, 0.25) is 0 Å². The minimum atomic E-state index is 0.190. The van der Waals surface area contributed by atoms with E-state index in [-0.39, 0.29) is 11.5 Å². The van der Waals surface area contributed by atoms with Crippen LogP contribution in [0.2, 0.25) is 0 Å². The largest absolute Gasteiger partial charge is 0.376 e. The van der Waals surface area contributed by atoms with Crippen LogP contribution in [-0.4, -0.2) is 22.3 Å². The van der Waals surface area contributed by atoms with Crippen LogP contribution >= 0.6 is 0 Å². The zero-order valence-electron chi connectivity index (χ0n) is 18.5. The third-order valence-corrected chi connectivity index (χ3v) is 5.36. The molecule has 3 heteroatoms. The smallest absolute Gasteiger partial charge is 0.0946 e. The van der Waals surface area contributed by atoms with E-state index in [4.69, 9.17) is 4.74 Å². The van der Waals surface area contributed by atoms with E-state index >= 15 is 0 Å². The minimum Gasteiger partial charge on any atom is -0.376 e. The molecule has 0 aliphatic rings. The number of rotatable bonds is 13. The van der Waals surface area contributed by atoms with Crippen molar-refractivity contribution in [2.24, 2.45) is 0 Å². The average Bonchev–Trinajstić information content (AvgIpc) is 3.16. The highest BCUT2D eigenvalue weighted by Crippen LogP contribution is 2.23. The summed E-state index contributed by atoms with van der Waals surface area (Å²) in [6.07, 6.45) is 16.1. The van der Waals surface area contributed by atoms with E-state index in [0.29, 0.717) is 0 Å².